The van der Waals surface area contributed by atoms with Gasteiger partial charge in [0.2, 0.25) is 0 Å². The Morgan fingerprint density at radius 2 is 2.12 bits per heavy atom. The number of nitrogens with zero attached hydrogens (tertiary/aromatic N) is 1. The number of benzene rings is 1. The van der Waals surface area contributed by atoms with E-state index >= 15 is 0 Å². The Kier molecular flexibility index (Phi) is 4.99. The molecule has 24 heavy (non-hydrogen) atoms. The van der Waals surface area contributed by atoms with E-state index in [2.05, 4.69) is 0 Å². The van der Waals surface area contributed by atoms with Crippen molar-refractivity contribution in [3.8, 4) is 0 Å². The molecule has 1 aromatic rings. The van der Waals surface area contributed by atoms with Gasteiger partial charge < -0.3 is 15.4 Å². The third kappa shape index (κ3) is 3.36. The van der Waals surface area contributed by atoms with Crippen molar-refractivity contribution in [1.82, 2.24) is 4.90 Å². The molecule has 0 spiro atoms. The summed E-state index contributed by atoms with van der Waals surface area (Å²) >= 11 is 7.43. The second kappa shape index (κ2) is 7.01. The van der Waals surface area contributed by atoms with E-state index in [-0.39, 0.29) is 5.78 Å². The summed E-state index contributed by atoms with van der Waals surface area (Å²) in [7, 11) is 1.34. The lowest BCUT2D eigenvalue weighted by atomic mass is 9.99. The predicted octanol–water partition coefficient (Wildman–Crippen LogP) is 2.11. The van der Waals surface area contributed by atoms with Crippen LogP contribution < -0.4 is 5.73 Å². The van der Waals surface area contributed by atoms with Gasteiger partial charge in [0.25, 0.3) is 0 Å². The molecule has 0 aliphatic carbocycles. The highest BCUT2D eigenvalue weighted by Crippen LogP contribution is 2.35. The molecule has 2 N–H and O–H groups in total. The van der Waals surface area contributed by atoms with E-state index in [0.29, 0.717) is 22.9 Å². The molecule has 2 aliphatic heterocycles. The van der Waals surface area contributed by atoms with Crippen LogP contribution >= 0.6 is 23.4 Å². The molecule has 1 fully saturated rings. The standard InChI is InChI=1S/C17H17ClN2O3S/c1-23-17(22)11-6-14-15(16(21)13(19)9-24-14)20(8-11)7-10-2-4-12(18)5-3-10/h2-6,8,13,15H,7,9,19H2,1H3/t13-,15?/m0/s1. The quantitative estimate of drug-likeness (QED) is 0.828. The molecule has 7 heteroatoms. The summed E-state index contributed by atoms with van der Waals surface area (Å²) < 4.78 is 4.82. The fourth-order valence-electron chi connectivity index (χ4n) is 2.75. The Labute approximate surface area is 149 Å². The number of fused-ring (bicyclic) bond motifs is 1. The van der Waals surface area contributed by atoms with Crippen molar-refractivity contribution in [3.05, 3.63) is 57.6 Å². The number of thioether (sulfide) groups is 1. The van der Waals surface area contributed by atoms with E-state index in [1.165, 1.54) is 18.9 Å². The van der Waals surface area contributed by atoms with Crippen LogP contribution in [0.3, 0.4) is 0 Å². The topological polar surface area (TPSA) is 72.6 Å². The first-order valence-electron chi connectivity index (χ1n) is 7.43. The fraction of sp³-hybridized carbons (Fsp3) is 0.294. The third-order valence-corrected chi connectivity index (χ3v) is 5.42. The van der Waals surface area contributed by atoms with Gasteiger partial charge in [-0.1, -0.05) is 23.7 Å². The zero-order chi connectivity index (χ0) is 17.3. The third-order valence-electron chi connectivity index (χ3n) is 3.97. The molecular weight excluding hydrogens is 348 g/mol. The van der Waals surface area contributed by atoms with Gasteiger partial charge in [-0.3, -0.25) is 4.79 Å². The van der Waals surface area contributed by atoms with Crippen LogP contribution in [0.15, 0.2) is 47.0 Å². The molecule has 1 aromatic carbocycles. The first-order valence-corrected chi connectivity index (χ1v) is 8.80. The van der Waals surface area contributed by atoms with Crippen LogP contribution in [0.25, 0.3) is 0 Å². The second-order valence-corrected chi connectivity index (χ2v) is 7.17. The number of esters is 1. The van der Waals surface area contributed by atoms with Gasteiger partial charge in [-0.2, -0.15) is 0 Å². The number of hydrogen-bond acceptors (Lipinski definition) is 6. The van der Waals surface area contributed by atoms with Crippen LogP contribution in [-0.2, 0) is 20.9 Å². The van der Waals surface area contributed by atoms with Crippen LogP contribution in [0.2, 0.25) is 5.02 Å². The molecule has 0 saturated carbocycles. The van der Waals surface area contributed by atoms with Crippen molar-refractivity contribution in [2.45, 2.75) is 18.6 Å². The van der Waals surface area contributed by atoms with E-state index in [1.807, 2.05) is 17.0 Å². The van der Waals surface area contributed by atoms with Crippen molar-refractivity contribution >= 4 is 35.1 Å². The Hall–Kier alpha value is -1.76. The van der Waals surface area contributed by atoms with Crippen molar-refractivity contribution in [2.75, 3.05) is 12.9 Å². The van der Waals surface area contributed by atoms with Crippen LogP contribution in [0.5, 0.6) is 0 Å². The van der Waals surface area contributed by atoms with Gasteiger partial charge >= 0.3 is 5.97 Å². The summed E-state index contributed by atoms with van der Waals surface area (Å²) in [5.41, 5.74) is 7.34. The minimum absolute atomic E-state index is 0.0332. The summed E-state index contributed by atoms with van der Waals surface area (Å²) in [6.45, 7) is 0.471. The molecule has 0 aromatic heterocycles. The molecule has 126 valence electrons. The number of ketones is 1. The summed E-state index contributed by atoms with van der Waals surface area (Å²) in [4.78, 5) is 27.2. The zero-order valence-electron chi connectivity index (χ0n) is 13.1. The van der Waals surface area contributed by atoms with Crippen LogP contribution in [0.1, 0.15) is 5.56 Å². The van der Waals surface area contributed by atoms with Gasteiger partial charge in [0, 0.05) is 28.4 Å². The lowest BCUT2D eigenvalue weighted by Gasteiger charge is -2.38. The van der Waals surface area contributed by atoms with E-state index in [0.717, 1.165) is 10.5 Å². The van der Waals surface area contributed by atoms with Crippen molar-refractivity contribution < 1.29 is 14.3 Å². The van der Waals surface area contributed by atoms with Gasteiger partial charge in [0.1, 0.15) is 6.04 Å². The number of rotatable bonds is 3. The highest BCUT2D eigenvalue weighted by molar-refractivity contribution is 8.03. The number of methoxy groups -OCH3 is 1. The van der Waals surface area contributed by atoms with Crippen molar-refractivity contribution in [3.63, 3.8) is 0 Å². The lowest BCUT2D eigenvalue weighted by Crippen LogP contribution is -2.52. The highest BCUT2D eigenvalue weighted by Gasteiger charge is 2.39. The van der Waals surface area contributed by atoms with E-state index < -0.39 is 18.1 Å². The van der Waals surface area contributed by atoms with E-state index in [4.69, 9.17) is 22.1 Å². The van der Waals surface area contributed by atoms with E-state index in [9.17, 15) is 9.59 Å². The molecule has 1 saturated heterocycles. The van der Waals surface area contributed by atoms with Gasteiger partial charge in [-0.05, 0) is 23.8 Å². The smallest absolute Gasteiger partial charge is 0.339 e. The summed E-state index contributed by atoms with van der Waals surface area (Å²) in [6, 6.07) is 6.43. The van der Waals surface area contributed by atoms with Crippen LogP contribution in [0.4, 0.5) is 0 Å². The first kappa shape index (κ1) is 17.1. The maximum atomic E-state index is 12.6. The fourth-order valence-corrected chi connectivity index (χ4v) is 4.03. The number of ether oxygens (including phenoxy) is 1. The minimum Gasteiger partial charge on any atom is -0.465 e. The molecule has 2 aliphatic rings. The molecule has 2 heterocycles. The maximum absolute atomic E-state index is 12.6. The number of nitrogens with two attached hydrogens (primary N) is 1. The Balaban J connectivity index is 1.94. The Morgan fingerprint density at radius 1 is 1.42 bits per heavy atom. The maximum Gasteiger partial charge on any atom is 0.339 e. The monoisotopic (exact) mass is 364 g/mol. The first-order chi connectivity index (χ1) is 11.5. The van der Waals surface area contributed by atoms with Gasteiger partial charge in [0.15, 0.2) is 5.78 Å². The van der Waals surface area contributed by atoms with Crippen LogP contribution in [0, 0.1) is 0 Å². The summed E-state index contributed by atoms with van der Waals surface area (Å²) in [5, 5.41) is 0.648. The molecule has 0 radical (unpaired) electrons. The number of carbonyl (C=O) groups is 2. The predicted molar refractivity (Wildman–Crippen MR) is 94.4 cm³/mol. The summed E-state index contributed by atoms with van der Waals surface area (Å²) in [6.07, 6.45) is 3.40. The average molecular weight is 365 g/mol. The lowest BCUT2D eigenvalue weighted by molar-refractivity contribution is -0.136. The second-order valence-electron chi connectivity index (χ2n) is 5.64. The number of hydrogen-bond donors (Lipinski definition) is 1. The van der Waals surface area contributed by atoms with Crippen LogP contribution in [-0.4, -0.2) is 41.6 Å². The Morgan fingerprint density at radius 3 is 2.79 bits per heavy atom. The van der Waals surface area contributed by atoms with E-state index in [1.54, 1.807) is 24.4 Å². The zero-order valence-corrected chi connectivity index (χ0v) is 14.6. The molecule has 0 bridgehead atoms. The average Bonchev–Trinajstić information content (AvgIpc) is 2.59. The minimum atomic E-state index is -0.502. The largest absolute Gasteiger partial charge is 0.465 e. The van der Waals surface area contributed by atoms with Gasteiger partial charge in [-0.25, -0.2) is 4.79 Å². The highest BCUT2D eigenvalue weighted by atomic mass is 35.5. The van der Waals surface area contributed by atoms with Crippen molar-refractivity contribution in [2.24, 2.45) is 5.73 Å². The van der Waals surface area contributed by atoms with Gasteiger partial charge in [-0.15, -0.1) is 11.8 Å². The summed E-state index contributed by atoms with van der Waals surface area (Å²) in [5.74, 6) is 0.0591. The van der Waals surface area contributed by atoms with Gasteiger partial charge in [0.05, 0.1) is 18.7 Å². The SMILES string of the molecule is COC(=O)C1=CN(Cc2ccc(Cl)cc2)C2C(=O)[C@@H](N)CSC2=C1. The number of halogens is 1. The van der Waals surface area contributed by atoms with Crippen molar-refractivity contribution in [1.29, 1.82) is 0 Å². The molecule has 1 unspecified atom stereocenters. The molecular formula is C17H17ClN2O3S. The normalized spacial score (nSPS) is 23.3. The number of Topliss-reactive ketones (excluding diaryl/α,β-unsaturated/α-hetero) is 1. The molecule has 3 rings (SSSR count). The molecule has 2 atom stereocenters. The molecule has 5 nitrogen and oxygen atoms in total. The Bertz CT molecular complexity index is 730. The molecule has 0 amide bonds. The number of carbonyl (C=O) groups excluding carboxylic acids is 2.